The van der Waals surface area contributed by atoms with Crippen LogP contribution in [0.2, 0.25) is 0 Å². The van der Waals surface area contributed by atoms with Crippen molar-refractivity contribution in [2.24, 2.45) is 5.73 Å². The van der Waals surface area contributed by atoms with E-state index in [1.165, 1.54) is 6.07 Å². The fraction of sp³-hybridized carbons (Fsp3) is 0.385. The van der Waals surface area contributed by atoms with E-state index in [4.69, 9.17) is 5.73 Å². The molecule has 0 saturated heterocycles. The highest BCUT2D eigenvalue weighted by atomic mass is 19.1. The van der Waals surface area contributed by atoms with Crippen molar-refractivity contribution in [3.63, 3.8) is 0 Å². The van der Waals surface area contributed by atoms with Crippen LogP contribution in [-0.2, 0) is 13.1 Å². The van der Waals surface area contributed by atoms with Gasteiger partial charge in [-0.1, -0.05) is 24.3 Å². The fourth-order valence-corrected chi connectivity index (χ4v) is 1.95. The smallest absolute Gasteiger partial charge is 0.127 e. The molecule has 1 aromatic carbocycles. The predicted octanol–water partition coefficient (Wildman–Crippen LogP) is 2.05. The Labute approximate surface area is 95.6 Å². The Balaban J connectivity index is 2.10. The Morgan fingerprint density at radius 3 is 2.88 bits per heavy atom. The highest BCUT2D eigenvalue weighted by molar-refractivity contribution is 5.25. The molecule has 86 valence electrons. The molecule has 0 saturated carbocycles. The molecular weight excluding hydrogens is 203 g/mol. The lowest BCUT2D eigenvalue weighted by atomic mass is 10.1. The summed E-state index contributed by atoms with van der Waals surface area (Å²) in [5.41, 5.74) is 7.29. The van der Waals surface area contributed by atoms with Crippen LogP contribution in [0.5, 0.6) is 0 Å². The maximum Gasteiger partial charge on any atom is 0.127 e. The standard InChI is InChI=1S/C13H17FN2/c14-13-5-4-11(9-15)8-12(13)10-16-6-2-1-3-7-16/h1-2,4-5,8H,3,6-7,9-10,15H2. The summed E-state index contributed by atoms with van der Waals surface area (Å²) in [6, 6.07) is 5.12. The van der Waals surface area contributed by atoms with Crippen molar-refractivity contribution < 1.29 is 4.39 Å². The van der Waals surface area contributed by atoms with Crippen LogP contribution in [0.1, 0.15) is 17.5 Å². The van der Waals surface area contributed by atoms with Crippen molar-refractivity contribution in [1.82, 2.24) is 4.90 Å². The molecule has 0 amide bonds. The summed E-state index contributed by atoms with van der Waals surface area (Å²) in [7, 11) is 0. The molecule has 1 aromatic rings. The minimum absolute atomic E-state index is 0.133. The van der Waals surface area contributed by atoms with Gasteiger partial charge in [-0.25, -0.2) is 4.39 Å². The molecule has 1 heterocycles. The van der Waals surface area contributed by atoms with E-state index in [-0.39, 0.29) is 5.82 Å². The molecule has 2 nitrogen and oxygen atoms in total. The first-order chi connectivity index (χ1) is 7.79. The first-order valence-corrected chi connectivity index (χ1v) is 5.64. The average Bonchev–Trinajstić information content (AvgIpc) is 2.33. The summed E-state index contributed by atoms with van der Waals surface area (Å²) < 4.78 is 13.6. The maximum absolute atomic E-state index is 13.6. The van der Waals surface area contributed by atoms with Crippen LogP contribution in [0.25, 0.3) is 0 Å². The van der Waals surface area contributed by atoms with E-state index in [0.29, 0.717) is 13.1 Å². The molecule has 1 aliphatic rings. The van der Waals surface area contributed by atoms with E-state index < -0.39 is 0 Å². The third-order valence-corrected chi connectivity index (χ3v) is 2.88. The van der Waals surface area contributed by atoms with Crippen molar-refractivity contribution in [2.75, 3.05) is 13.1 Å². The zero-order valence-electron chi connectivity index (χ0n) is 9.32. The predicted molar refractivity (Wildman–Crippen MR) is 63.3 cm³/mol. The van der Waals surface area contributed by atoms with Gasteiger partial charge in [-0.05, 0) is 18.1 Å². The van der Waals surface area contributed by atoms with E-state index in [9.17, 15) is 4.39 Å². The van der Waals surface area contributed by atoms with Gasteiger partial charge in [0.25, 0.3) is 0 Å². The molecule has 2 N–H and O–H groups in total. The molecule has 2 rings (SSSR count). The van der Waals surface area contributed by atoms with Gasteiger partial charge < -0.3 is 5.73 Å². The van der Waals surface area contributed by atoms with Crippen LogP contribution in [-0.4, -0.2) is 18.0 Å². The van der Waals surface area contributed by atoms with E-state index >= 15 is 0 Å². The molecule has 0 radical (unpaired) electrons. The monoisotopic (exact) mass is 220 g/mol. The normalized spacial score (nSPS) is 16.6. The van der Waals surface area contributed by atoms with Gasteiger partial charge in [-0.3, -0.25) is 4.90 Å². The van der Waals surface area contributed by atoms with Crippen molar-refractivity contribution in [2.45, 2.75) is 19.5 Å². The number of hydrogen-bond donors (Lipinski definition) is 1. The third-order valence-electron chi connectivity index (χ3n) is 2.88. The lowest BCUT2D eigenvalue weighted by molar-refractivity contribution is 0.286. The van der Waals surface area contributed by atoms with Gasteiger partial charge in [0, 0.05) is 31.7 Å². The lowest BCUT2D eigenvalue weighted by Gasteiger charge is -2.23. The molecule has 0 atom stereocenters. The van der Waals surface area contributed by atoms with Crippen LogP contribution >= 0.6 is 0 Å². The largest absolute Gasteiger partial charge is 0.326 e. The Bertz CT molecular complexity index is 388. The summed E-state index contributed by atoms with van der Waals surface area (Å²) in [5.74, 6) is -0.133. The second-order valence-corrected chi connectivity index (χ2v) is 4.13. The van der Waals surface area contributed by atoms with Gasteiger partial charge in [0.1, 0.15) is 5.82 Å². The topological polar surface area (TPSA) is 29.3 Å². The van der Waals surface area contributed by atoms with Crippen LogP contribution in [0.4, 0.5) is 4.39 Å². The van der Waals surface area contributed by atoms with Gasteiger partial charge >= 0.3 is 0 Å². The molecule has 0 unspecified atom stereocenters. The number of hydrogen-bond acceptors (Lipinski definition) is 2. The van der Waals surface area contributed by atoms with Crippen molar-refractivity contribution in [3.8, 4) is 0 Å². The SMILES string of the molecule is NCc1ccc(F)c(CN2CC=CCC2)c1. The summed E-state index contributed by atoms with van der Waals surface area (Å²) in [5, 5.41) is 0. The highest BCUT2D eigenvalue weighted by Gasteiger charge is 2.10. The fourth-order valence-electron chi connectivity index (χ4n) is 1.95. The lowest BCUT2D eigenvalue weighted by Crippen LogP contribution is -2.27. The van der Waals surface area contributed by atoms with Crippen LogP contribution in [0.3, 0.4) is 0 Å². The van der Waals surface area contributed by atoms with E-state index in [1.54, 1.807) is 6.07 Å². The minimum Gasteiger partial charge on any atom is -0.326 e. The van der Waals surface area contributed by atoms with Crippen LogP contribution in [0.15, 0.2) is 30.4 Å². The number of nitrogens with zero attached hydrogens (tertiary/aromatic N) is 1. The van der Waals surface area contributed by atoms with Gasteiger partial charge in [-0.2, -0.15) is 0 Å². The maximum atomic E-state index is 13.6. The van der Waals surface area contributed by atoms with Gasteiger partial charge in [-0.15, -0.1) is 0 Å². The summed E-state index contributed by atoms with van der Waals surface area (Å²) in [6.07, 6.45) is 5.36. The number of nitrogens with two attached hydrogens (primary N) is 1. The Morgan fingerprint density at radius 2 is 2.19 bits per heavy atom. The molecule has 16 heavy (non-hydrogen) atoms. The third kappa shape index (κ3) is 2.68. The molecule has 0 fully saturated rings. The number of halogens is 1. The van der Waals surface area contributed by atoms with Gasteiger partial charge in [0.05, 0.1) is 0 Å². The zero-order valence-corrected chi connectivity index (χ0v) is 9.32. The summed E-state index contributed by atoms with van der Waals surface area (Å²) >= 11 is 0. The van der Waals surface area contributed by atoms with E-state index in [2.05, 4.69) is 17.1 Å². The first kappa shape index (κ1) is 11.3. The quantitative estimate of drug-likeness (QED) is 0.790. The number of benzene rings is 1. The molecule has 0 spiro atoms. The molecule has 3 heteroatoms. The Morgan fingerprint density at radius 1 is 1.31 bits per heavy atom. The molecule has 0 bridgehead atoms. The van der Waals surface area contributed by atoms with Gasteiger partial charge in [0.15, 0.2) is 0 Å². The molecular formula is C13H17FN2. The van der Waals surface area contributed by atoms with Crippen molar-refractivity contribution in [3.05, 3.63) is 47.3 Å². The Kier molecular flexibility index (Phi) is 3.70. The van der Waals surface area contributed by atoms with Crippen molar-refractivity contribution >= 4 is 0 Å². The van der Waals surface area contributed by atoms with E-state index in [0.717, 1.165) is 30.6 Å². The van der Waals surface area contributed by atoms with Crippen LogP contribution < -0.4 is 5.73 Å². The van der Waals surface area contributed by atoms with Crippen LogP contribution in [0, 0.1) is 5.82 Å². The molecule has 0 aromatic heterocycles. The highest BCUT2D eigenvalue weighted by Crippen LogP contribution is 2.14. The summed E-state index contributed by atoms with van der Waals surface area (Å²) in [4.78, 5) is 2.23. The second-order valence-electron chi connectivity index (χ2n) is 4.13. The van der Waals surface area contributed by atoms with E-state index in [1.807, 2.05) is 6.07 Å². The first-order valence-electron chi connectivity index (χ1n) is 5.64. The second kappa shape index (κ2) is 5.23. The number of rotatable bonds is 3. The molecule has 0 aliphatic carbocycles. The molecule has 1 aliphatic heterocycles. The Hall–Kier alpha value is -1.19. The summed E-state index contributed by atoms with van der Waals surface area (Å²) in [6.45, 7) is 3.05. The van der Waals surface area contributed by atoms with Gasteiger partial charge in [0.2, 0.25) is 0 Å². The average molecular weight is 220 g/mol. The minimum atomic E-state index is -0.133. The van der Waals surface area contributed by atoms with Crippen molar-refractivity contribution in [1.29, 1.82) is 0 Å². The zero-order chi connectivity index (χ0) is 11.4.